The van der Waals surface area contributed by atoms with Crippen LogP contribution in [-0.4, -0.2) is 46.7 Å². The summed E-state index contributed by atoms with van der Waals surface area (Å²) < 4.78 is 40.8. The van der Waals surface area contributed by atoms with Crippen LogP contribution in [0.5, 0.6) is 5.75 Å². The van der Waals surface area contributed by atoms with Crippen molar-refractivity contribution >= 4 is 21.6 Å². The predicted molar refractivity (Wildman–Crippen MR) is 152 cm³/mol. The third-order valence-corrected chi connectivity index (χ3v) is 9.55. The number of nitrogens with one attached hydrogen (secondary N) is 1. The first kappa shape index (κ1) is 27.2. The minimum Gasteiger partial charge on any atom is -0.476 e. The Hall–Kier alpha value is -3.36. The van der Waals surface area contributed by atoms with Gasteiger partial charge in [-0.25, -0.2) is 8.42 Å². The third kappa shape index (κ3) is 5.54. The van der Waals surface area contributed by atoms with Crippen molar-refractivity contribution < 1.29 is 22.7 Å². The zero-order chi connectivity index (χ0) is 27.7. The number of nitrogens with zero attached hydrogens (tertiary/aromatic N) is 1. The summed E-state index contributed by atoms with van der Waals surface area (Å²) in [6, 6.07) is 24.0. The van der Waals surface area contributed by atoms with Gasteiger partial charge < -0.3 is 14.8 Å². The van der Waals surface area contributed by atoms with E-state index in [2.05, 4.69) is 38.2 Å². The van der Waals surface area contributed by atoms with E-state index >= 15 is 0 Å². The highest BCUT2D eigenvalue weighted by Gasteiger charge is 2.40. The highest BCUT2D eigenvalue weighted by molar-refractivity contribution is 7.92. The minimum absolute atomic E-state index is 0.120. The number of anilines is 1. The average molecular weight is 549 g/mol. The lowest BCUT2D eigenvalue weighted by atomic mass is 9.74. The van der Waals surface area contributed by atoms with Crippen LogP contribution in [0.25, 0.3) is 0 Å². The van der Waals surface area contributed by atoms with E-state index in [0.717, 1.165) is 24.0 Å². The number of rotatable bonds is 6. The van der Waals surface area contributed by atoms with Gasteiger partial charge in [0, 0.05) is 25.2 Å². The molecule has 3 aromatic carbocycles. The molecule has 0 unspecified atom stereocenters. The fourth-order valence-corrected chi connectivity index (χ4v) is 6.78. The van der Waals surface area contributed by atoms with Crippen LogP contribution in [-0.2, 0) is 30.4 Å². The lowest BCUT2D eigenvalue weighted by Crippen LogP contribution is -2.53. The number of carbonyl (C=O) groups excluding carboxylic acids is 1. The van der Waals surface area contributed by atoms with Crippen LogP contribution in [0.4, 0.5) is 5.69 Å². The van der Waals surface area contributed by atoms with Gasteiger partial charge in [-0.1, -0.05) is 75.4 Å². The molecule has 0 aromatic heterocycles. The normalized spacial score (nSPS) is 19.1. The number of sulfonamides is 1. The summed E-state index contributed by atoms with van der Waals surface area (Å²) in [5.41, 5.74) is 2.14. The highest BCUT2D eigenvalue weighted by Crippen LogP contribution is 2.40. The first-order valence-corrected chi connectivity index (χ1v) is 14.8. The van der Waals surface area contributed by atoms with Gasteiger partial charge in [-0.2, -0.15) is 0 Å². The topological polar surface area (TPSA) is 84.9 Å². The first-order valence-electron chi connectivity index (χ1n) is 13.4. The van der Waals surface area contributed by atoms with Crippen LogP contribution in [0, 0.1) is 0 Å². The van der Waals surface area contributed by atoms with Crippen LogP contribution in [0.2, 0.25) is 0 Å². The molecule has 0 saturated carbocycles. The summed E-state index contributed by atoms with van der Waals surface area (Å²) in [4.78, 5) is 13.7. The Morgan fingerprint density at radius 3 is 2.26 bits per heavy atom. The second-order valence-electron chi connectivity index (χ2n) is 11.4. The maximum atomic E-state index is 13.8. The quantitative estimate of drug-likeness (QED) is 0.478. The summed E-state index contributed by atoms with van der Waals surface area (Å²) in [5, 5.41) is 3.10. The van der Waals surface area contributed by atoms with Gasteiger partial charge in [0.2, 0.25) is 0 Å². The molecule has 3 aromatic rings. The molecule has 0 aliphatic carbocycles. The highest BCUT2D eigenvalue weighted by atomic mass is 32.2. The molecule has 8 heteroatoms. The molecule has 1 amide bonds. The maximum absolute atomic E-state index is 13.8. The van der Waals surface area contributed by atoms with Crippen molar-refractivity contribution in [1.29, 1.82) is 0 Å². The Morgan fingerprint density at radius 2 is 1.62 bits per heavy atom. The molecule has 1 fully saturated rings. The summed E-state index contributed by atoms with van der Waals surface area (Å²) >= 11 is 0. The number of amides is 1. The molecule has 1 N–H and O–H groups in total. The van der Waals surface area contributed by atoms with E-state index in [1.165, 1.54) is 4.31 Å². The molecule has 0 bridgehead atoms. The first-order chi connectivity index (χ1) is 18.6. The number of carbonyl (C=O) groups is 1. The van der Waals surface area contributed by atoms with Crippen molar-refractivity contribution in [1.82, 2.24) is 5.32 Å². The molecule has 2 aliphatic rings. The smallest absolute Gasteiger partial charge is 0.264 e. The summed E-state index contributed by atoms with van der Waals surface area (Å²) in [5.74, 6) is 0.0355. The molecule has 206 valence electrons. The number of hydrogen-bond donors (Lipinski definition) is 1. The van der Waals surface area contributed by atoms with Crippen LogP contribution in [0.1, 0.15) is 44.7 Å². The summed E-state index contributed by atoms with van der Waals surface area (Å²) in [7, 11) is -3.94. The largest absolute Gasteiger partial charge is 0.476 e. The standard InChI is InChI=1S/C31H36N2O5S/c1-30(2,3)24-14-15-27-26(20-24)33(39(35,36)25-12-8-5-9-13-25)21-28(38-27)29(34)32-22-31(16-18-37-19-17-31)23-10-6-4-7-11-23/h4-15,20,28H,16-19,21-22H2,1-3H3,(H,32,34)/t28-/m0/s1. The van der Waals surface area contributed by atoms with Crippen LogP contribution in [0.3, 0.4) is 0 Å². The number of ether oxygens (including phenoxy) is 2. The molecular weight excluding hydrogens is 512 g/mol. The molecule has 7 nitrogen and oxygen atoms in total. The van der Waals surface area contributed by atoms with Gasteiger partial charge in [0.25, 0.3) is 15.9 Å². The van der Waals surface area contributed by atoms with Crippen molar-refractivity contribution in [3.63, 3.8) is 0 Å². The van der Waals surface area contributed by atoms with Crippen molar-refractivity contribution in [3.05, 3.63) is 90.0 Å². The summed E-state index contributed by atoms with van der Waals surface area (Å²) in [6.07, 6.45) is 0.579. The van der Waals surface area contributed by atoms with E-state index in [1.54, 1.807) is 36.4 Å². The summed E-state index contributed by atoms with van der Waals surface area (Å²) in [6.45, 7) is 7.76. The van der Waals surface area contributed by atoms with Gasteiger partial charge in [-0.3, -0.25) is 9.10 Å². The Kier molecular flexibility index (Phi) is 7.44. The number of hydrogen-bond acceptors (Lipinski definition) is 5. The molecule has 39 heavy (non-hydrogen) atoms. The van der Waals surface area contributed by atoms with Crippen LogP contribution in [0.15, 0.2) is 83.8 Å². The fourth-order valence-electron chi connectivity index (χ4n) is 5.29. The molecule has 1 atom stereocenters. The Bertz CT molecular complexity index is 1410. The van der Waals surface area contributed by atoms with E-state index in [0.29, 0.717) is 31.2 Å². The molecule has 5 rings (SSSR count). The van der Waals surface area contributed by atoms with Gasteiger partial charge in [0.05, 0.1) is 17.1 Å². The van der Waals surface area contributed by atoms with Crippen molar-refractivity contribution in [2.24, 2.45) is 0 Å². The zero-order valence-corrected chi connectivity index (χ0v) is 23.5. The average Bonchev–Trinajstić information content (AvgIpc) is 2.96. The third-order valence-electron chi connectivity index (χ3n) is 7.76. The zero-order valence-electron chi connectivity index (χ0n) is 22.7. The second-order valence-corrected chi connectivity index (χ2v) is 13.2. The van der Waals surface area contributed by atoms with Crippen molar-refractivity contribution in [3.8, 4) is 5.75 Å². The number of fused-ring (bicyclic) bond motifs is 1. The Labute approximate surface area is 231 Å². The van der Waals surface area contributed by atoms with Gasteiger partial charge in [0.1, 0.15) is 5.75 Å². The van der Waals surface area contributed by atoms with Gasteiger partial charge in [-0.05, 0) is 53.6 Å². The minimum atomic E-state index is -3.94. The maximum Gasteiger partial charge on any atom is 0.264 e. The van der Waals surface area contributed by atoms with E-state index in [1.807, 2.05) is 30.3 Å². The lowest BCUT2D eigenvalue weighted by molar-refractivity contribution is -0.128. The second kappa shape index (κ2) is 10.7. The molecule has 0 radical (unpaired) electrons. The van der Waals surface area contributed by atoms with E-state index < -0.39 is 16.1 Å². The fraction of sp³-hybridized carbons (Fsp3) is 0.387. The molecule has 0 spiro atoms. The van der Waals surface area contributed by atoms with Gasteiger partial charge >= 0.3 is 0 Å². The Balaban J connectivity index is 1.44. The van der Waals surface area contributed by atoms with E-state index in [4.69, 9.17) is 9.47 Å². The molecule has 2 aliphatic heterocycles. The molecule has 1 saturated heterocycles. The van der Waals surface area contributed by atoms with E-state index in [-0.39, 0.29) is 28.2 Å². The number of benzene rings is 3. The van der Waals surface area contributed by atoms with Gasteiger partial charge in [-0.15, -0.1) is 0 Å². The molecule has 2 heterocycles. The SMILES string of the molecule is CC(C)(C)c1ccc2c(c1)N(S(=O)(=O)c1ccccc1)C[C@@H](C(=O)NCC1(c3ccccc3)CCOCC1)O2. The molecular formula is C31H36N2O5S. The van der Waals surface area contributed by atoms with Crippen molar-refractivity contribution in [2.45, 2.75) is 55.4 Å². The monoisotopic (exact) mass is 548 g/mol. The van der Waals surface area contributed by atoms with Crippen molar-refractivity contribution in [2.75, 3.05) is 30.6 Å². The van der Waals surface area contributed by atoms with Crippen LogP contribution >= 0.6 is 0 Å². The predicted octanol–water partition coefficient (Wildman–Crippen LogP) is 4.81. The lowest BCUT2D eigenvalue weighted by Gasteiger charge is -2.39. The van der Waals surface area contributed by atoms with Crippen LogP contribution < -0.4 is 14.4 Å². The van der Waals surface area contributed by atoms with Gasteiger partial charge in [0.15, 0.2) is 6.10 Å². The van der Waals surface area contributed by atoms with E-state index in [9.17, 15) is 13.2 Å². The Morgan fingerprint density at radius 1 is 0.974 bits per heavy atom.